The van der Waals surface area contributed by atoms with E-state index in [0.717, 1.165) is 28.1 Å². The van der Waals surface area contributed by atoms with Crippen LogP contribution in [0.1, 0.15) is 29.3 Å². The van der Waals surface area contributed by atoms with E-state index < -0.39 is 10.0 Å². The Morgan fingerprint density at radius 3 is 2.52 bits per heavy atom. The van der Waals surface area contributed by atoms with Gasteiger partial charge in [0.1, 0.15) is 12.1 Å². The van der Waals surface area contributed by atoms with Gasteiger partial charge in [0, 0.05) is 18.3 Å². The van der Waals surface area contributed by atoms with E-state index in [0.29, 0.717) is 13.2 Å². The summed E-state index contributed by atoms with van der Waals surface area (Å²) < 4.78 is 32.8. The molecule has 1 aromatic carbocycles. The number of fused-ring (bicyclic) bond motifs is 1. The largest absolute Gasteiger partial charge is 0.493 e. The molecule has 1 aromatic heterocycles. The molecule has 0 fully saturated rings. The first-order chi connectivity index (χ1) is 10.9. The van der Waals surface area contributed by atoms with Crippen molar-refractivity contribution in [3.8, 4) is 5.75 Å². The van der Waals surface area contributed by atoms with Gasteiger partial charge in [0.25, 0.3) is 0 Å². The molecule has 6 nitrogen and oxygen atoms in total. The minimum absolute atomic E-state index is 0.283. The zero-order valence-corrected chi connectivity index (χ0v) is 14.2. The molecule has 0 unspecified atom stereocenters. The lowest BCUT2D eigenvalue weighted by molar-refractivity contribution is 0.335. The second-order valence-electron chi connectivity index (χ2n) is 5.59. The highest BCUT2D eigenvalue weighted by atomic mass is 32.2. The van der Waals surface area contributed by atoms with Gasteiger partial charge in [-0.1, -0.05) is 0 Å². The Bertz CT molecular complexity index is 801. The number of aryl methyl sites for hydroxylation is 2. The van der Waals surface area contributed by atoms with Crippen molar-refractivity contribution >= 4 is 10.0 Å². The molecule has 0 bridgehead atoms. The van der Waals surface area contributed by atoms with Gasteiger partial charge in [-0.3, -0.25) is 0 Å². The summed E-state index contributed by atoms with van der Waals surface area (Å²) in [5, 5.41) is 0. The fraction of sp³-hybridized carbons (Fsp3) is 0.375. The number of benzene rings is 1. The maximum atomic E-state index is 12.9. The van der Waals surface area contributed by atoms with Crippen LogP contribution < -0.4 is 4.74 Å². The predicted molar refractivity (Wildman–Crippen MR) is 85.5 cm³/mol. The van der Waals surface area contributed by atoms with E-state index in [-0.39, 0.29) is 11.4 Å². The van der Waals surface area contributed by atoms with Crippen molar-refractivity contribution in [1.29, 1.82) is 0 Å². The topological polar surface area (TPSA) is 72.4 Å². The average molecular weight is 333 g/mol. The highest BCUT2D eigenvalue weighted by Crippen LogP contribution is 2.31. The molecule has 2 aromatic rings. The zero-order chi connectivity index (χ0) is 16.6. The van der Waals surface area contributed by atoms with Gasteiger partial charge in [-0.15, -0.1) is 0 Å². The minimum Gasteiger partial charge on any atom is -0.493 e. The Kier molecular flexibility index (Phi) is 4.08. The molecule has 23 heavy (non-hydrogen) atoms. The number of nitrogens with zero attached hydrogens (tertiary/aromatic N) is 3. The van der Waals surface area contributed by atoms with Gasteiger partial charge in [0.2, 0.25) is 10.0 Å². The van der Waals surface area contributed by atoms with Crippen LogP contribution in [0.2, 0.25) is 0 Å². The van der Waals surface area contributed by atoms with Crippen molar-refractivity contribution in [1.82, 2.24) is 14.3 Å². The van der Waals surface area contributed by atoms with Gasteiger partial charge in [0.05, 0.1) is 23.7 Å². The average Bonchev–Trinajstić information content (AvgIpc) is 2.95. The van der Waals surface area contributed by atoms with Gasteiger partial charge in [-0.05, 0) is 44.0 Å². The number of sulfonamides is 1. The van der Waals surface area contributed by atoms with E-state index in [2.05, 4.69) is 9.97 Å². The summed E-state index contributed by atoms with van der Waals surface area (Å²) in [6.07, 6.45) is 3.12. The normalized spacial score (nSPS) is 14.7. The minimum atomic E-state index is -3.57. The lowest BCUT2D eigenvalue weighted by Crippen LogP contribution is -2.26. The number of aromatic nitrogens is 2. The van der Waals surface area contributed by atoms with E-state index in [1.54, 1.807) is 18.3 Å². The lowest BCUT2D eigenvalue weighted by atomic mass is 10.1. The predicted octanol–water partition coefficient (Wildman–Crippen LogP) is 2.20. The molecule has 0 spiro atoms. The highest BCUT2D eigenvalue weighted by Gasteiger charge is 2.32. The van der Waals surface area contributed by atoms with E-state index in [4.69, 9.17) is 4.74 Å². The summed E-state index contributed by atoms with van der Waals surface area (Å²) >= 11 is 0. The second-order valence-corrected chi connectivity index (χ2v) is 7.52. The lowest BCUT2D eigenvalue weighted by Gasteiger charge is -2.18. The summed E-state index contributed by atoms with van der Waals surface area (Å²) in [6.45, 7) is 6.78. The molecule has 0 saturated carbocycles. The van der Waals surface area contributed by atoms with E-state index >= 15 is 0 Å². The maximum Gasteiger partial charge on any atom is 0.243 e. The van der Waals surface area contributed by atoms with Gasteiger partial charge < -0.3 is 4.74 Å². The van der Waals surface area contributed by atoms with Crippen LogP contribution in [-0.2, 0) is 23.1 Å². The fourth-order valence-electron chi connectivity index (χ4n) is 2.82. The van der Waals surface area contributed by atoms with Crippen LogP contribution >= 0.6 is 0 Å². The second kappa shape index (κ2) is 5.90. The van der Waals surface area contributed by atoms with Gasteiger partial charge in [0.15, 0.2) is 0 Å². The summed E-state index contributed by atoms with van der Waals surface area (Å²) in [5.74, 6) is 0.752. The van der Waals surface area contributed by atoms with Crippen LogP contribution in [0.3, 0.4) is 0 Å². The number of ether oxygens (including phenoxy) is 1. The molecule has 1 aliphatic heterocycles. The van der Waals surface area contributed by atoms with Crippen LogP contribution in [0, 0.1) is 13.8 Å². The van der Waals surface area contributed by atoms with Crippen LogP contribution in [0.25, 0.3) is 0 Å². The van der Waals surface area contributed by atoms with Crippen LogP contribution in [0.4, 0.5) is 0 Å². The van der Waals surface area contributed by atoms with Gasteiger partial charge >= 0.3 is 0 Å². The summed E-state index contributed by atoms with van der Waals surface area (Å²) in [7, 11) is -3.57. The molecule has 2 heterocycles. The third kappa shape index (κ3) is 2.82. The molecule has 0 N–H and O–H groups in total. The third-order valence-electron chi connectivity index (χ3n) is 3.91. The zero-order valence-electron chi connectivity index (χ0n) is 13.4. The smallest absolute Gasteiger partial charge is 0.243 e. The number of hydrogen-bond donors (Lipinski definition) is 0. The van der Waals surface area contributed by atoms with E-state index in [1.807, 2.05) is 20.8 Å². The monoisotopic (exact) mass is 333 g/mol. The van der Waals surface area contributed by atoms with Crippen molar-refractivity contribution in [3.05, 3.63) is 47.0 Å². The molecule has 3 rings (SSSR count). The first-order valence-corrected chi connectivity index (χ1v) is 8.89. The molecule has 0 atom stereocenters. The maximum absolute atomic E-state index is 12.9. The Hall–Kier alpha value is -1.99. The Morgan fingerprint density at radius 1 is 1.22 bits per heavy atom. The summed E-state index contributed by atoms with van der Waals surface area (Å²) in [5.41, 5.74) is 3.27. The summed E-state index contributed by atoms with van der Waals surface area (Å²) in [6, 6.07) is 3.34. The highest BCUT2D eigenvalue weighted by molar-refractivity contribution is 7.89. The van der Waals surface area contributed by atoms with Crippen molar-refractivity contribution in [2.75, 3.05) is 6.61 Å². The molecule has 1 aliphatic rings. The van der Waals surface area contributed by atoms with Crippen molar-refractivity contribution in [2.24, 2.45) is 0 Å². The van der Waals surface area contributed by atoms with E-state index in [9.17, 15) is 8.42 Å². The van der Waals surface area contributed by atoms with Crippen LogP contribution in [0.15, 0.2) is 29.6 Å². The Balaban J connectivity index is 1.96. The SMILES string of the molecule is CCOc1c(C)cc(S(=O)(=O)N2Cc3cncnc3C2)cc1C. The molecule has 0 radical (unpaired) electrons. The standard InChI is InChI=1S/C16H19N3O3S/c1-4-22-16-11(2)5-14(6-12(16)3)23(20,21)19-8-13-7-17-10-18-15(13)9-19/h5-7,10H,4,8-9H2,1-3H3. The molecule has 122 valence electrons. The van der Waals surface area contributed by atoms with Gasteiger partial charge in [-0.25, -0.2) is 18.4 Å². The number of hydrogen-bond acceptors (Lipinski definition) is 5. The Labute approximate surface area is 136 Å². The number of rotatable bonds is 4. The molecule has 0 saturated heterocycles. The molecular weight excluding hydrogens is 314 g/mol. The van der Waals surface area contributed by atoms with Crippen LogP contribution in [0.5, 0.6) is 5.75 Å². The molecule has 0 aliphatic carbocycles. The third-order valence-corrected chi connectivity index (χ3v) is 5.68. The van der Waals surface area contributed by atoms with Crippen molar-refractivity contribution in [2.45, 2.75) is 38.8 Å². The Morgan fingerprint density at radius 2 is 1.91 bits per heavy atom. The van der Waals surface area contributed by atoms with Crippen LogP contribution in [-0.4, -0.2) is 29.3 Å². The molecule has 7 heteroatoms. The quantitative estimate of drug-likeness (QED) is 0.857. The summed E-state index contributed by atoms with van der Waals surface area (Å²) in [4.78, 5) is 8.40. The van der Waals surface area contributed by atoms with Crippen molar-refractivity contribution < 1.29 is 13.2 Å². The molecule has 0 amide bonds. The van der Waals surface area contributed by atoms with E-state index in [1.165, 1.54) is 10.6 Å². The first kappa shape index (κ1) is 15.9. The fourth-order valence-corrected chi connectivity index (χ4v) is 4.37. The first-order valence-electron chi connectivity index (χ1n) is 7.45. The molecular formula is C16H19N3O3S. The van der Waals surface area contributed by atoms with Crippen molar-refractivity contribution in [3.63, 3.8) is 0 Å². The van der Waals surface area contributed by atoms with Gasteiger partial charge in [-0.2, -0.15) is 4.31 Å².